The van der Waals surface area contributed by atoms with Crippen LogP contribution in [0.3, 0.4) is 0 Å². The van der Waals surface area contributed by atoms with E-state index in [1.54, 1.807) is 24.5 Å². The highest BCUT2D eigenvalue weighted by Gasteiger charge is 2.27. The molecule has 2 amide bonds. The summed E-state index contributed by atoms with van der Waals surface area (Å²) in [5, 5.41) is 7.09. The van der Waals surface area contributed by atoms with Gasteiger partial charge in [0.25, 0.3) is 5.91 Å². The van der Waals surface area contributed by atoms with Gasteiger partial charge in [-0.15, -0.1) is 11.3 Å². The summed E-state index contributed by atoms with van der Waals surface area (Å²) in [5.41, 5.74) is 2.52. The number of aryl methyl sites for hydroxylation is 1. The Labute approximate surface area is 171 Å². The molecule has 1 aliphatic rings. The van der Waals surface area contributed by atoms with E-state index in [2.05, 4.69) is 10.6 Å². The lowest BCUT2D eigenvalue weighted by atomic mass is 10.1. The number of carbonyl (C=O) groups is 2. The number of benzene rings is 1. The van der Waals surface area contributed by atoms with Crippen molar-refractivity contribution in [2.75, 3.05) is 5.32 Å². The van der Waals surface area contributed by atoms with Gasteiger partial charge in [0.05, 0.1) is 24.8 Å². The summed E-state index contributed by atoms with van der Waals surface area (Å²) in [6.45, 7) is 0.314. The van der Waals surface area contributed by atoms with Crippen molar-refractivity contribution >= 4 is 39.8 Å². The van der Waals surface area contributed by atoms with Crippen LogP contribution in [0.15, 0.2) is 47.1 Å². The van der Waals surface area contributed by atoms with E-state index in [9.17, 15) is 9.59 Å². The third-order valence-electron chi connectivity index (χ3n) is 4.68. The van der Waals surface area contributed by atoms with E-state index in [0.717, 1.165) is 30.4 Å². The Morgan fingerprint density at radius 1 is 1.14 bits per heavy atom. The van der Waals surface area contributed by atoms with Gasteiger partial charge in [0, 0.05) is 9.90 Å². The fraction of sp³-hybridized carbons (Fsp3) is 0.238. The molecular formula is C21H19ClN2O3S. The van der Waals surface area contributed by atoms with Crippen molar-refractivity contribution in [3.05, 3.63) is 75.0 Å². The molecule has 0 bridgehead atoms. The lowest BCUT2D eigenvalue weighted by Gasteiger charge is -2.09. The van der Waals surface area contributed by atoms with Gasteiger partial charge in [0.2, 0.25) is 5.91 Å². The van der Waals surface area contributed by atoms with Crippen molar-refractivity contribution in [2.24, 2.45) is 0 Å². The van der Waals surface area contributed by atoms with Crippen LogP contribution in [-0.4, -0.2) is 11.8 Å². The first kappa shape index (κ1) is 18.8. The number of rotatable bonds is 6. The van der Waals surface area contributed by atoms with Crippen LogP contribution in [0.1, 0.15) is 38.5 Å². The zero-order valence-electron chi connectivity index (χ0n) is 15.1. The minimum atomic E-state index is -0.183. The van der Waals surface area contributed by atoms with Crippen LogP contribution in [0.2, 0.25) is 5.02 Å². The Morgan fingerprint density at radius 3 is 2.71 bits per heavy atom. The Kier molecular flexibility index (Phi) is 5.50. The van der Waals surface area contributed by atoms with Gasteiger partial charge in [0.1, 0.15) is 10.8 Å². The summed E-state index contributed by atoms with van der Waals surface area (Å²) in [7, 11) is 0. The number of thiophene rings is 1. The Hall–Kier alpha value is -2.57. The van der Waals surface area contributed by atoms with Crippen LogP contribution in [0.4, 0.5) is 5.00 Å². The van der Waals surface area contributed by atoms with Gasteiger partial charge in [-0.2, -0.15) is 0 Å². The van der Waals surface area contributed by atoms with Crippen LogP contribution in [0, 0.1) is 0 Å². The molecule has 2 aromatic heterocycles. The molecule has 1 aromatic carbocycles. The lowest BCUT2D eigenvalue weighted by molar-refractivity contribution is -0.115. The topological polar surface area (TPSA) is 71.3 Å². The normalized spacial score (nSPS) is 12.6. The predicted molar refractivity (Wildman–Crippen MR) is 110 cm³/mol. The van der Waals surface area contributed by atoms with E-state index in [4.69, 9.17) is 16.0 Å². The van der Waals surface area contributed by atoms with E-state index in [-0.39, 0.29) is 18.2 Å². The molecule has 144 valence electrons. The van der Waals surface area contributed by atoms with Gasteiger partial charge in [-0.05, 0) is 54.7 Å². The largest absolute Gasteiger partial charge is 0.467 e. The molecule has 0 saturated heterocycles. The molecule has 0 atom stereocenters. The fourth-order valence-corrected chi connectivity index (χ4v) is 4.79. The molecule has 0 fully saturated rings. The van der Waals surface area contributed by atoms with E-state index >= 15 is 0 Å². The van der Waals surface area contributed by atoms with Crippen molar-refractivity contribution in [2.45, 2.75) is 32.2 Å². The first-order chi connectivity index (χ1) is 13.6. The van der Waals surface area contributed by atoms with Gasteiger partial charge in [-0.25, -0.2) is 0 Å². The Bertz CT molecular complexity index is 994. The van der Waals surface area contributed by atoms with Gasteiger partial charge in [-0.3, -0.25) is 9.59 Å². The molecule has 0 radical (unpaired) electrons. The smallest absolute Gasteiger partial charge is 0.254 e. The fourth-order valence-electron chi connectivity index (χ4n) is 3.36. The molecule has 0 aliphatic heterocycles. The number of anilines is 1. The van der Waals surface area contributed by atoms with Crippen molar-refractivity contribution in [3.63, 3.8) is 0 Å². The van der Waals surface area contributed by atoms with Crippen LogP contribution in [-0.2, 0) is 30.6 Å². The van der Waals surface area contributed by atoms with Crippen molar-refractivity contribution in [1.82, 2.24) is 5.32 Å². The summed E-state index contributed by atoms with van der Waals surface area (Å²) in [6, 6.07) is 10.8. The predicted octanol–water partition coefficient (Wildman–Crippen LogP) is 4.59. The quantitative estimate of drug-likeness (QED) is 0.619. The number of hydrogen-bond donors (Lipinski definition) is 2. The van der Waals surface area contributed by atoms with Crippen molar-refractivity contribution < 1.29 is 14.0 Å². The lowest BCUT2D eigenvalue weighted by Crippen LogP contribution is -2.25. The summed E-state index contributed by atoms with van der Waals surface area (Å²) in [6.07, 6.45) is 4.66. The zero-order chi connectivity index (χ0) is 19.5. The number of fused-ring (bicyclic) bond motifs is 1. The summed E-state index contributed by atoms with van der Waals surface area (Å²) in [5.74, 6) is 0.355. The first-order valence-corrected chi connectivity index (χ1v) is 10.3. The molecule has 2 N–H and O–H groups in total. The highest BCUT2D eigenvalue weighted by molar-refractivity contribution is 7.17. The molecule has 4 rings (SSSR count). The Balaban J connectivity index is 1.49. The van der Waals surface area contributed by atoms with E-state index in [0.29, 0.717) is 27.9 Å². The molecule has 0 saturated carbocycles. The van der Waals surface area contributed by atoms with Crippen molar-refractivity contribution in [1.29, 1.82) is 0 Å². The monoisotopic (exact) mass is 414 g/mol. The number of amides is 2. The minimum Gasteiger partial charge on any atom is -0.467 e. The maximum absolute atomic E-state index is 12.8. The van der Waals surface area contributed by atoms with E-state index < -0.39 is 0 Å². The minimum absolute atomic E-state index is 0.151. The number of carbonyl (C=O) groups excluding carboxylic acids is 2. The summed E-state index contributed by atoms with van der Waals surface area (Å²) >= 11 is 7.40. The Morgan fingerprint density at radius 2 is 1.96 bits per heavy atom. The van der Waals surface area contributed by atoms with Gasteiger partial charge in [0.15, 0.2) is 0 Å². The number of nitrogens with one attached hydrogen (secondary N) is 2. The van der Waals surface area contributed by atoms with Crippen LogP contribution < -0.4 is 10.6 Å². The van der Waals surface area contributed by atoms with Crippen LogP contribution >= 0.6 is 22.9 Å². The number of furan rings is 1. The van der Waals surface area contributed by atoms with E-state index in [1.165, 1.54) is 16.2 Å². The molecule has 7 heteroatoms. The second kappa shape index (κ2) is 8.20. The van der Waals surface area contributed by atoms with Crippen LogP contribution in [0.5, 0.6) is 0 Å². The number of halogens is 1. The van der Waals surface area contributed by atoms with Gasteiger partial charge < -0.3 is 15.1 Å². The summed E-state index contributed by atoms with van der Waals surface area (Å²) in [4.78, 5) is 26.6. The highest BCUT2D eigenvalue weighted by Crippen LogP contribution is 2.39. The molecule has 2 heterocycles. The molecule has 0 spiro atoms. The average Bonchev–Trinajstić information content (AvgIpc) is 3.39. The second-order valence-corrected chi connectivity index (χ2v) is 8.22. The summed E-state index contributed by atoms with van der Waals surface area (Å²) < 4.78 is 5.27. The molecule has 5 nitrogen and oxygen atoms in total. The molecule has 28 heavy (non-hydrogen) atoms. The molecular weight excluding hydrogens is 396 g/mol. The number of hydrogen-bond acceptors (Lipinski definition) is 4. The van der Waals surface area contributed by atoms with Crippen LogP contribution in [0.25, 0.3) is 0 Å². The van der Waals surface area contributed by atoms with Gasteiger partial charge >= 0.3 is 0 Å². The first-order valence-electron chi connectivity index (χ1n) is 9.09. The molecule has 3 aromatic rings. The molecule has 1 aliphatic carbocycles. The third kappa shape index (κ3) is 4.13. The molecule has 0 unspecified atom stereocenters. The van der Waals surface area contributed by atoms with Gasteiger partial charge in [-0.1, -0.05) is 23.7 Å². The second-order valence-electron chi connectivity index (χ2n) is 6.67. The maximum atomic E-state index is 12.8. The SMILES string of the molecule is O=C(Cc1ccc(Cl)cc1)Nc1sc2c(c1C(=O)NCc1ccco1)CCC2. The third-order valence-corrected chi connectivity index (χ3v) is 6.14. The maximum Gasteiger partial charge on any atom is 0.254 e. The zero-order valence-corrected chi connectivity index (χ0v) is 16.7. The van der Waals surface area contributed by atoms with Crippen molar-refractivity contribution in [3.8, 4) is 0 Å². The highest BCUT2D eigenvalue weighted by atomic mass is 35.5. The average molecular weight is 415 g/mol. The standard InChI is InChI=1S/C21H19ClN2O3S/c22-14-8-6-13(7-9-14)11-18(25)24-21-19(16-4-1-5-17(16)28-21)20(26)23-12-15-3-2-10-27-15/h2-3,6-10H,1,4-5,11-12H2,(H,23,26)(H,24,25). The van der Waals surface area contributed by atoms with E-state index in [1.807, 2.05) is 18.2 Å².